The zero-order chi connectivity index (χ0) is 24.8. The van der Waals surface area contributed by atoms with E-state index < -0.39 is 11.6 Å². The minimum Gasteiger partial charge on any atom is -0.377 e. The molecule has 35 heavy (non-hydrogen) atoms. The van der Waals surface area contributed by atoms with Crippen molar-refractivity contribution in [2.75, 3.05) is 6.61 Å². The number of rotatable bonds is 9. The number of halogens is 3. The van der Waals surface area contributed by atoms with Gasteiger partial charge in [-0.2, -0.15) is 0 Å². The molecular formula is C31H39F3O. The van der Waals surface area contributed by atoms with Gasteiger partial charge in [-0.1, -0.05) is 63.1 Å². The first kappa shape index (κ1) is 26.0. The molecule has 2 aliphatic carbocycles. The number of hydrogen-bond acceptors (Lipinski definition) is 1. The Hall–Kier alpha value is -2.07. The molecule has 0 heterocycles. The lowest BCUT2D eigenvalue weighted by atomic mass is 9.81. The Morgan fingerprint density at radius 2 is 1.57 bits per heavy atom. The summed E-state index contributed by atoms with van der Waals surface area (Å²) in [6, 6.07) is 11.1. The summed E-state index contributed by atoms with van der Waals surface area (Å²) in [6.07, 6.45) is 11.2. The fourth-order valence-electron chi connectivity index (χ4n) is 5.67. The normalized spacial score (nSPS) is 24.9. The predicted molar refractivity (Wildman–Crippen MR) is 137 cm³/mol. The monoisotopic (exact) mass is 484 g/mol. The molecule has 0 saturated heterocycles. The second-order valence-electron chi connectivity index (χ2n) is 10.4. The van der Waals surface area contributed by atoms with Gasteiger partial charge in [0.15, 0.2) is 11.6 Å². The second kappa shape index (κ2) is 12.3. The summed E-state index contributed by atoms with van der Waals surface area (Å²) < 4.78 is 50.7. The van der Waals surface area contributed by atoms with Crippen molar-refractivity contribution >= 4 is 0 Å². The van der Waals surface area contributed by atoms with Crippen LogP contribution >= 0.6 is 0 Å². The number of allylic oxidation sites excluding steroid dienone is 1. The van der Waals surface area contributed by atoms with Crippen LogP contribution in [0.1, 0.15) is 88.7 Å². The molecule has 0 aromatic heterocycles. The Balaban J connectivity index is 1.30. The minimum absolute atomic E-state index is 0.00647. The van der Waals surface area contributed by atoms with E-state index in [2.05, 4.69) is 13.8 Å². The van der Waals surface area contributed by atoms with Gasteiger partial charge in [-0.25, -0.2) is 13.2 Å². The number of hydrogen-bond donors (Lipinski definition) is 0. The molecule has 2 aromatic rings. The highest BCUT2D eigenvalue weighted by atomic mass is 19.2. The molecule has 4 rings (SSSR count). The molecule has 0 N–H and O–H groups in total. The van der Waals surface area contributed by atoms with E-state index in [1.165, 1.54) is 5.56 Å². The number of ether oxygens (including phenoxy) is 1. The average molecular weight is 485 g/mol. The average Bonchev–Trinajstić information content (AvgIpc) is 2.89. The highest BCUT2D eigenvalue weighted by Gasteiger charge is 2.29. The van der Waals surface area contributed by atoms with Crippen molar-refractivity contribution in [3.05, 3.63) is 71.1 Å². The van der Waals surface area contributed by atoms with E-state index in [0.717, 1.165) is 64.2 Å². The molecule has 2 aliphatic rings. The van der Waals surface area contributed by atoms with Crippen LogP contribution in [0.3, 0.4) is 0 Å². The minimum atomic E-state index is -0.762. The van der Waals surface area contributed by atoms with Crippen LogP contribution in [0.2, 0.25) is 0 Å². The van der Waals surface area contributed by atoms with Crippen molar-refractivity contribution in [1.82, 2.24) is 0 Å². The summed E-state index contributed by atoms with van der Waals surface area (Å²) in [4.78, 5) is 0. The van der Waals surface area contributed by atoms with Crippen molar-refractivity contribution in [3.63, 3.8) is 0 Å². The maximum Gasteiger partial charge on any atom is 0.166 e. The molecule has 4 heteroatoms. The SMILES string of the molecule is CCCCC1C=C(F)C(COC2CCC(c3ccc(-c4ccc(CC)cc4)c(F)c3F)CC2)CC1. The third kappa shape index (κ3) is 6.39. The van der Waals surface area contributed by atoms with Crippen LogP contribution in [0.4, 0.5) is 13.2 Å². The molecule has 1 nitrogen and oxygen atoms in total. The molecule has 190 valence electrons. The Morgan fingerprint density at radius 1 is 0.829 bits per heavy atom. The summed E-state index contributed by atoms with van der Waals surface area (Å²) in [5, 5.41) is 0. The first-order chi connectivity index (χ1) is 17.0. The van der Waals surface area contributed by atoms with Gasteiger partial charge in [0, 0.05) is 11.5 Å². The van der Waals surface area contributed by atoms with Crippen LogP contribution in [-0.2, 0) is 11.2 Å². The fraction of sp³-hybridized carbons (Fsp3) is 0.548. The Morgan fingerprint density at radius 3 is 2.23 bits per heavy atom. The predicted octanol–water partition coefficient (Wildman–Crippen LogP) is 9.31. The van der Waals surface area contributed by atoms with Crippen LogP contribution < -0.4 is 0 Å². The van der Waals surface area contributed by atoms with E-state index in [4.69, 9.17) is 4.74 Å². The Bertz CT molecular complexity index is 989. The van der Waals surface area contributed by atoms with E-state index in [0.29, 0.717) is 29.2 Å². The Labute approximate surface area is 208 Å². The van der Waals surface area contributed by atoms with Gasteiger partial charge < -0.3 is 4.74 Å². The van der Waals surface area contributed by atoms with Gasteiger partial charge in [-0.05, 0) is 86.0 Å². The van der Waals surface area contributed by atoms with Gasteiger partial charge in [0.25, 0.3) is 0 Å². The van der Waals surface area contributed by atoms with E-state index in [9.17, 15) is 8.78 Å². The first-order valence-corrected chi connectivity index (χ1v) is 13.6. The molecule has 1 saturated carbocycles. The lowest BCUT2D eigenvalue weighted by Crippen LogP contribution is -2.25. The van der Waals surface area contributed by atoms with Crippen LogP contribution in [0.15, 0.2) is 48.3 Å². The largest absolute Gasteiger partial charge is 0.377 e. The summed E-state index contributed by atoms with van der Waals surface area (Å²) >= 11 is 0. The molecule has 0 bridgehead atoms. The third-order valence-electron chi connectivity index (χ3n) is 8.03. The molecule has 0 radical (unpaired) electrons. The highest BCUT2D eigenvalue weighted by molar-refractivity contribution is 5.65. The maximum absolute atomic E-state index is 15.1. The van der Waals surface area contributed by atoms with Crippen LogP contribution in [-0.4, -0.2) is 12.7 Å². The number of benzene rings is 2. The number of aryl methyl sites for hydroxylation is 1. The van der Waals surface area contributed by atoms with Crippen LogP contribution in [0, 0.1) is 23.5 Å². The molecule has 0 aliphatic heterocycles. The summed E-state index contributed by atoms with van der Waals surface area (Å²) in [5.74, 6) is -1.25. The zero-order valence-electron chi connectivity index (χ0n) is 21.2. The van der Waals surface area contributed by atoms with Crippen LogP contribution in [0.5, 0.6) is 0 Å². The molecule has 0 spiro atoms. The second-order valence-corrected chi connectivity index (χ2v) is 10.4. The van der Waals surface area contributed by atoms with Gasteiger partial charge in [-0.15, -0.1) is 0 Å². The standard InChI is InChI=1S/C31H39F3O/c1-3-5-6-22-9-12-25(29(32)19-22)20-35-26-15-13-24(14-16-26)28-18-17-27(30(33)31(28)34)23-10-7-21(4-2)8-11-23/h7-8,10-11,17-19,22,24-26H,3-6,9,12-16,20H2,1-2H3. The van der Waals surface area contributed by atoms with Crippen molar-refractivity contribution in [1.29, 1.82) is 0 Å². The van der Waals surface area contributed by atoms with Crippen molar-refractivity contribution in [3.8, 4) is 11.1 Å². The Kier molecular flexibility index (Phi) is 9.10. The molecule has 2 atom stereocenters. The van der Waals surface area contributed by atoms with Crippen molar-refractivity contribution in [2.24, 2.45) is 11.8 Å². The van der Waals surface area contributed by atoms with Gasteiger partial charge in [0.1, 0.15) is 5.83 Å². The van der Waals surface area contributed by atoms with Crippen molar-refractivity contribution < 1.29 is 17.9 Å². The van der Waals surface area contributed by atoms with E-state index in [-0.39, 0.29) is 23.8 Å². The molecule has 2 unspecified atom stereocenters. The van der Waals surface area contributed by atoms with Crippen molar-refractivity contribution in [2.45, 2.75) is 90.1 Å². The lowest BCUT2D eigenvalue weighted by molar-refractivity contribution is 0.00354. The summed E-state index contributed by atoms with van der Waals surface area (Å²) in [6.45, 7) is 4.66. The van der Waals surface area contributed by atoms with E-state index in [1.807, 2.05) is 30.3 Å². The lowest BCUT2D eigenvalue weighted by Gasteiger charge is -2.31. The third-order valence-corrected chi connectivity index (χ3v) is 8.03. The van der Waals surface area contributed by atoms with Crippen LogP contribution in [0.25, 0.3) is 11.1 Å². The quantitative estimate of drug-likeness (QED) is 0.344. The van der Waals surface area contributed by atoms with E-state index in [1.54, 1.807) is 12.1 Å². The smallest absolute Gasteiger partial charge is 0.166 e. The van der Waals surface area contributed by atoms with Gasteiger partial charge in [0.05, 0.1) is 12.7 Å². The topological polar surface area (TPSA) is 9.23 Å². The van der Waals surface area contributed by atoms with Gasteiger partial charge >= 0.3 is 0 Å². The summed E-state index contributed by atoms with van der Waals surface area (Å²) in [5.41, 5.74) is 2.64. The molecule has 1 fully saturated rings. The molecular weight excluding hydrogens is 445 g/mol. The molecule has 0 amide bonds. The summed E-state index contributed by atoms with van der Waals surface area (Å²) in [7, 11) is 0. The maximum atomic E-state index is 15.1. The highest BCUT2D eigenvalue weighted by Crippen LogP contribution is 2.39. The van der Waals surface area contributed by atoms with Gasteiger partial charge in [-0.3, -0.25) is 0 Å². The van der Waals surface area contributed by atoms with Gasteiger partial charge in [0.2, 0.25) is 0 Å². The fourth-order valence-corrected chi connectivity index (χ4v) is 5.67. The first-order valence-electron chi connectivity index (χ1n) is 13.6. The molecule has 2 aromatic carbocycles. The van der Waals surface area contributed by atoms with E-state index >= 15 is 4.39 Å². The number of unbranched alkanes of at least 4 members (excludes halogenated alkanes) is 1. The zero-order valence-corrected chi connectivity index (χ0v) is 21.2.